The van der Waals surface area contributed by atoms with Crippen molar-refractivity contribution in [2.45, 2.75) is 43.8 Å². The van der Waals surface area contributed by atoms with Gasteiger partial charge in [-0.25, -0.2) is 0 Å². The first kappa shape index (κ1) is 14.9. The highest BCUT2D eigenvalue weighted by Crippen LogP contribution is 2.35. The molecule has 1 amide bonds. The third-order valence-electron chi connectivity index (χ3n) is 5.33. The highest BCUT2D eigenvalue weighted by molar-refractivity contribution is 7.14. The molecule has 0 saturated carbocycles. The molecule has 2 aliphatic heterocycles. The SMILES string of the molecule is COc1cccc2c(C(=O)NC3C[C@H]4CC[C@@H](C3)N4C)nsc12. The third-order valence-corrected chi connectivity index (χ3v) is 6.21. The lowest BCUT2D eigenvalue weighted by Gasteiger charge is -2.36. The molecular formula is C17H21N3O2S. The quantitative estimate of drug-likeness (QED) is 0.939. The van der Waals surface area contributed by atoms with Crippen LogP contribution in [0.15, 0.2) is 18.2 Å². The van der Waals surface area contributed by atoms with E-state index >= 15 is 0 Å². The summed E-state index contributed by atoms with van der Waals surface area (Å²) in [6.45, 7) is 0. The average Bonchev–Trinajstić information content (AvgIpc) is 3.05. The largest absolute Gasteiger partial charge is 0.495 e. The molecule has 1 aromatic heterocycles. The van der Waals surface area contributed by atoms with Crippen LogP contribution in [0, 0.1) is 0 Å². The van der Waals surface area contributed by atoms with Crippen LogP contribution in [-0.4, -0.2) is 47.5 Å². The molecule has 6 heteroatoms. The van der Waals surface area contributed by atoms with Gasteiger partial charge in [0.1, 0.15) is 11.4 Å². The first-order valence-corrected chi connectivity index (χ1v) is 8.90. The van der Waals surface area contributed by atoms with E-state index in [4.69, 9.17) is 4.74 Å². The standard InChI is InChI=1S/C17H21N3O2S/c1-20-11-6-7-12(20)9-10(8-11)18-17(21)15-13-4-3-5-14(22-2)16(13)23-19-15/h3-5,10-12H,6-9H2,1-2H3,(H,18,21)/t10?,11-,12+. The minimum absolute atomic E-state index is 0.0570. The minimum Gasteiger partial charge on any atom is -0.495 e. The fourth-order valence-corrected chi connectivity index (χ4v) is 4.91. The fraction of sp³-hybridized carbons (Fsp3) is 0.529. The van der Waals surface area contributed by atoms with Crippen molar-refractivity contribution in [3.05, 3.63) is 23.9 Å². The first-order chi connectivity index (χ1) is 11.2. The molecule has 0 aliphatic carbocycles. The second-order valence-corrected chi connectivity index (χ2v) is 7.33. The van der Waals surface area contributed by atoms with E-state index in [0.717, 1.165) is 28.7 Å². The number of hydrogen-bond donors (Lipinski definition) is 1. The van der Waals surface area contributed by atoms with Crippen LogP contribution in [0.4, 0.5) is 0 Å². The summed E-state index contributed by atoms with van der Waals surface area (Å²) in [6.07, 6.45) is 4.60. The van der Waals surface area contributed by atoms with Crippen LogP contribution < -0.4 is 10.1 Å². The lowest BCUT2D eigenvalue weighted by Crippen LogP contribution is -2.48. The molecule has 1 N–H and O–H groups in total. The lowest BCUT2D eigenvalue weighted by atomic mass is 9.98. The number of nitrogens with zero attached hydrogens (tertiary/aromatic N) is 2. The molecule has 122 valence electrons. The molecule has 1 aromatic carbocycles. The number of benzene rings is 1. The Morgan fingerprint density at radius 1 is 1.35 bits per heavy atom. The van der Waals surface area contributed by atoms with Gasteiger partial charge in [-0.15, -0.1) is 0 Å². The van der Waals surface area contributed by atoms with E-state index in [-0.39, 0.29) is 11.9 Å². The Balaban J connectivity index is 1.54. The van der Waals surface area contributed by atoms with Gasteiger partial charge in [0.15, 0.2) is 0 Å². The summed E-state index contributed by atoms with van der Waals surface area (Å²) in [7, 11) is 3.85. The lowest BCUT2D eigenvalue weighted by molar-refractivity contribution is 0.0880. The molecule has 5 nitrogen and oxygen atoms in total. The van der Waals surface area contributed by atoms with Crippen molar-refractivity contribution in [2.24, 2.45) is 0 Å². The number of fused-ring (bicyclic) bond motifs is 3. The second kappa shape index (κ2) is 5.76. The van der Waals surface area contributed by atoms with E-state index in [9.17, 15) is 4.79 Å². The zero-order valence-electron chi connectivity index (χ0n) is 13.4. The van der Waals surface area contributed by atoms with Crippen LogP contribution in [0.3, 0.4) is 0 Å². The molecule has 3 atom stereocenters. The van der Waals surface area contributed by atoms with Crippen molar-refractivity contribution >= 4 is 27.5 Å². The van der Waals surface area contributed by atoms with E-state index in [1.165, 1.54) is 24.4 Å². The average molecular weight is 331 g/mol. The van der Waals surface area contributed by atoms with E-state index < -0.39 is 0 Å². The summed E-state index contributed by atoms with van der Waals surface area (Å²) in [5.41, 5.74) is 0.523. The number of hydrogen-bond acceptors (Lipinski definition) is 5. The highest BCUT2D eigenvalue weighted by Gasteiger charge is 2.39. The Labute approximate surface area is 139 Å². The van der Waals surface area contributed by atoms with Crippen LogP contribution in [0.1, 0.15) is 36.2 Å². The zero-order valence-corrected chi connectivity index (χ0v) is 14.2. The molecule has 0 radical (unpaired) electrons. The molecule has 2 bridgehead atoms. The van der Waals surface area contributed by atoms with Gasteiger partial charge >= 0.3 is 0 Å². The van der Waals surface area contributed by atoms with Crippen LogP contribution in [-0.2, 0) is 0 Å². The number of carbonyl (C=O) groups excluding carboxylic acids is 1. The van der Waals surface area contributed by atoms with Gasteiger partial charge in [-0.2, -0.15) is 4.37 Å². The monoisotopic (exact) mass is 331 g/mol. The first-order valence-electron chi connectivity index (χ1n) is 8.12. The molecule has 3 heterocycles. The van der Waals surface area contributed by atoms with Gasteiger partial charge in [0.25, 0.3) is 5.91 Å². The van der Waals surface area contributed by atoms with Crippen molar-refractivity contribution in [2.75, 3.05) is 14.2 Å². The fourth-order valence-electron chi connectivity index (χ4n) is 4.04. The number of methoxy groups -OCH3 is 1. The zero-order chi connectivity index (χ0) is 16.0. The molecule has 2 aliphatic rings. The Bertz CT molecular complexity index is 731. The topological polar surface area (TPSA) is 54.5 Å². The van der Waals surface area contributed by atoms with Crippen molar-refractivity contribution in [3.8, 4) is 5.75 Å². The van der Waals surface area contributed by atoms with Gasteiger partial charge in [0.2, 0.25) is 0 Å². The van der Waals surface area contributed by atoms with Crippen LogP contribution in [0.5, 0.6) is 5.75 Å². The number of carbonyl (C=O) groups is 1. The molecule has 0 spiro atoms. The van der Waals surface area contributed by atoms with Crippen LogP contribution in [0.2, 0.25) is 0 Å². The van der Waals surface area contributed by atoms with Crippen molar-refractivity contribution in [3.63, 3.8) is 0 Å². The second-order valence-electron chi connectivity index (χ2n) is 6.56. The van der Waals surface area contributed by atoms with Gasteiger partial charge in [-0.1, -0.05) is 12.1 Å². The molecule has 2 aromatic rings. The van der Waals surface area contributed by atoms with Gasteiger partial charge in [0, 0.05) is 23.5 Å². The maximum atomic E-state index is 12.7. The molecule has 23 heavy (non-hydrogen) atoms. The Morgan fingerprint density at radius 2 is 2.09 bits per heavy atom. The maximum absolute atomic E-state index is 12.7. The molecule has 2 fully saturated rings. The number of aromatic nitrogens is 1. The third kappa shape index (κ3) is 2.50. The molecule has 4 rings (SSSR count). The van der Waals surface area contributed by atoms with Gasteiger partial charge in [-0.3, -0.25) is 4.79 Å². The van der Waals surface area contributed by atoms with E-state index in [1.54, 1.807) is 7.11 Å². The summed E-state index contributed by atoms with van der Waals surface area (Å²) >= 11 is 1.33. The van der Waals surface area contributed by atoms with E-state index in [0.29, 0.717) is 17.8 Å². The normalized spacial score (nSPS) is 27.3. The van der Waals surface area contributed by atoms with Crippen molar-refractivity contribution in [1.82, 2.24) is 14.6 Å². The van der Waals surface area contributed by atoms with Gasteiger partial charge in [0.05, 0.1) is 11.8 Å². The van der Waals surface area contributed by atoms with Gasteiger partial charge in [-0.05, 0) is 50.3 Å². The number of ether oxygens (including phenoxy) is 1. The van der Waals surface area contributed by atoms with Crippen LogP contribution in [0.25, 0.3) is 10.1 Å². The maximum Gasteiger partial charge on any atom is 0.271 e. The van der Waals surface area contributed by atoms with Crippen molar-refractivity contribution in [1.29, 1.82) is 0 Å². The Kier molecular flexibility index (Phi) is 3.73. The van der Waals surface area contributed by atoms with Crippen molar-refractivity contribution < 1.29 is 9.53 Å². The molecule has 2 saturated heterocycles. The summed E-state index contributed by atoms with van der Waals surface area (Å²) < 4.78 is 10.7. The Morgan fingerprint density at radius 3 is 2.78 bits per heavy atom. The van der Waals surface area contributed by atoms with E-state index in [1.807, 2.05) is 18.2 Å². The number of rotatable bonds is 3. The minimum atomic E-state index is -0.0570. The number of amides is 1. The molecular weight excluding hydrogens is 310 g/mol. The number of piperidine rings is 1. The Hall–Kier alpha value is -1.66. The summed E-state index contributed by atoms with van der Waals surface area (Å²) in [4.78, 5) is 15.2. The summed E-state index contributed by atoms with van der Waals surface area (Å²) in [5.74, 6) is 0.717. The summed E-state index contributed by atoms with van der Waals surface area (Å²) in [6, 6.07) is 7.24. The van der Waals surface area contributed by atoms with Crippen LogP contribution >= 0.6 is 11.5 Å². The predicted octanol–water partition coefficient (Wildman–Crippen LogP) is 2.66. The van der Waals surface area contributed by atoms with Gasteiger partial charge < -0.3 is 15.0 Å². The smallest absolute Gasteiger partial charge is 0.271 e. The predicted molar refractivity (Wildman–Crippen MR) is 91.2 cm³/mol. The highest BCUT2D eigenvalue weighted by atomic mass is 32.1. The number of nitrogens with one attached hydrogen (secondary N) is 1. The summed E-state index contributed by atoms with van der Waals surface area (Å²) in [5, 5.41) is 4.09. The van der Waals surface area contributed by atoms with E-state index in [2.05, 4.69) is 21.6 Å². The molecule has 1 unspecified atom stereocenters.